The molecule has 0 bridgehead atoms. The molecular formula is C9H20N2. The molecule has 66 valence electrons. The summed E-state index contributed by atoms with van der Waals surface area (Å²) in [4.78, 5) is 0. The van der Waals surface area contributed by atoms with Crippen molar-refractivity contribution < 1.29 is 0 Å². The summed E-state index contributed by atoms with van der Waals surface area (Å²) in [5, 5.41) is 0. The fourth-order valence-corrected chi connectivity index (χ4v) is 1.96. The Bertz CT molecular complexity index is 106. The van der Waals surface area contributed by atoms with E-state index < -0.39 is 0 Å². The molecule has 1 fully saturated rings. The third kappa shape index (κ3) is 2.80. The Balaban J connectivity index is 2.25. The fourth-order valence-electron chi connectivity index (χ4n) is 1.96. The van der Waals surface area contributed by atoms with E-state index in [9.17, 15) is 0 Å². The molecule has 0 spiro atoms. The number of nitrogens with two attached hydrogens (primary N) is 2. The van der Waals surface area contributed by atoms with E-state index in [0.717, 1.165) is 19.4 Å². The van der Waals surface area contributed by atoms with E-state index in [2.05, 4.69) is 0 Å². The number of hydrogen-bond acceptors (Lipinski definition) is 2. The van der Waals surface area contributed by atoms with Gasteiger partial charge in [0.25, 0.3) is 0 Å². The molecule has 1 rings (SSSR count). The molecule has 4 N–H and O–H groups in total. The highest BCUT2D eigenvalue weighted by Crippen LogP contribution is 2.29. The van der Waals surface area contributed by atoms with Gasteiger partial charge in [-0.1, -0.05) is 19.3 Å². The van der Waals surface area contributed by atoms with Crippen LogP contribution in [0.15, 0.2) is 0 Å². The van der Waals surface area contributed by atoms with E-state index in [0.29, 0.717) is 0 Å². The van der Waals surface area contributed by atoms with Gasteiger partial charge >= 0.3 is 0 Å². The van der Waals surface area contributed by atoms with Crippen LogP contribution in [0.5, 0.6) is 0 Å². The summed E-state index contributed by atoms with van der Waals surface area (Å²) in [6.45, 7) is 0.791. The molecule has 0 aromatic carbocycles. The molecule has 0 atom stereocenters. The Hall–Kier alpha value is -0.0800. The average molecular weight is 156 g/mol. The normalized spacial score (nSPS) is 23.5. The van der Waals surface area contributed by atoms with Crippen molar-refractivity contribution in [3.05, 3.63) is 0 Å². The molecule has 0 radical (unpaired) electrons. The molecule has 1 aliphatic rings. The van der Waals surface area contributed by atoms with Gasteiger partial charge in [-0.25, -0.2) is 0 Å². The van der Waals surface area contributed by atoms with Gasteiger partial charge in [-0.2, -0.15) is 0 Å². The molecule has 2 heteroatoms. The molecule has 1 aliphatic carbocycles. The third-order valence-corrected chi connectivity index (χ3v) is 2.73. The van der Waals surface area contributed by atoms with Gasteiger partial charge in [-0.15, -0.1) is 0 Å². The average Bonchev–Trinajstić information content (AvgIpc) is 2.03. The Morgan fingerprint density at radius 1 is 1.09 bits per heavy atom. The molecule has 0 aliphatic heterocycles. The zero-order valence-electron chi connectivity index (χ0n) is 7.31. The molecule has 0 amide bonds. The van der Waals surface area contributed by atoms with Crippen molar-refractivity contribution in [3.63, 3.8) is 0 Å². The second-order valence-corrected chi connectivity index (χ2v) is 3.82. The highest BCUT2D eigenvalue weighted by molar-refractivity contribution is 4.86. The van der Waals surface area contributed by atoms with Crippen molar-refractivity contribution in [1.29, 1.82) is 0 Å². The minimum atomic E-state index is 0.150. The van der Waals surface area contributed by atoms with Crippen molar-refractivity contribution >= 4 is 0 Å². The maximum Gasteiger partial charge on any atom is 0.0154 e. The molecule has 0 aromatic heterocycles. The van der Waals surface area contributed by atoms with E-state index in [-0.39, 0.29) is 5.54 Å². The van der Waals surface area contributed by atoms with E-state index in [4.69, 9.17) is 11.5 Å². The summed E-state index contributed by atoms with van der Waals surface area (Å²) in [6.07, 6.45) is 8.67. The van der Waals surface area contributed by atoms with Crippen molar-refractivity contribution in [3.8, 4) is 0 Å². The van der Waals surface area contributed by atoms with Crippen LogP contribution < -0.4 is 11.5 Å². The highest BCUT2D eigenvalue weighted by Gasteiger charge is 2.25. The first-order chi connectivity index (χ1) is 5.27. The van der Waals surface area contributed by atoms with Crippen LogP contribution in [0.3, 0.4) is 0 Å². The number of rotatable bonds is 3. The quantitative estimate of drug-likeness (QED) is 0.648. The van der Waals surface area contributed by atoms with Gasteiger partial charge in [0.1, 0.15) is 0 Å². The van der Waals surface area contributed by atoms with Crippen LogP contribution in [0, 0.1) is 0 Å². The van der Waals surface area contributed by atoms with Gasteiger partial charge in [0.2, 0.25) is 0 Å². The van der Waals surface area contributed by atoms with Crippen LogP contribution >= 0.6 is 0 Å². The van der Waals surface area contributed by atoms with Crippen LogP contribution in [-0.4, -0.2) is 12.1 Å². The van der Waals surface area contributed by atoms with Crippen molar-refractivity contribution in [1.82, 2.24) is 0 Å². The summed E-state index contributed by atoms with van der Waals surface area (Å²) < 4.78 is 0. The first-order valence-corrected chi connectivity index (χ1v) is 4.76. The molecule has 2 nitrogen and oxygen atoms in total. The lowest BCUT2D eigenvalue weighted by Crippen LogP contribution is -2.41. The summed E-state index contributed by atoms with van der Waals surface area (Å²) in [6, 6.07) is 0. The Labute approximate surface area is 69.3 Å². The minimum absolute atomic E-state index is 0.150. The second kappa shape index (κ2) is 4.07. The molecule has 0 aromatic rings. The predicted molar refractivity (Wildman–Crippen MR) is 48.3 cm³/mol. The minimum Gasteiger partial charge on any atom is -0.330 e. The predicted octanol–water partition coefficient (Wildman–Crippen LogP) is 1.39. The van der Waals surface area contributed by atoms with Gasteiger partial charge in [-0.3, -0.25) is 0 Å². The van der Waals surface area contributed by atoms with Gasteiger partial charge in [0, 0.05) is 5.54 Å². The Morgan fingerprint density at radius 3 is 2.27 bits per heavy atom. The van der Waals surface area contributed by atoms with Crippen molar-refractivity contribution in [2.75, 3.05) is 6.54 Å². The lowest BCUT2D eigenvalue weighted by molar-refractivity contribution is 0.274. The van der Waals surface area contributed by atoms with Gasteiger partial charge in [0.15, 0.2) is 0 Å². The first kappa shape index (κ1) is 9.01. The van der Waals surface area contributed by atoms with E-state index in [1.165, 1.54) is 32.1 Å². The topological polar surface area (TPSA) is 52.0 Å². The smallest absolute Gasteiger partial charge is 0.0154 e. The van der Waals surface area contributed by atoms with Crippen LogP contribution in [0.2, 0.25) is 0 Å². The summed E-state index contributed by atoms with van der Waals surface area (Å²) in [5.74, 6) is 0. The van der Waals surface area contributed by atoms with Gasteiger partial charge < -0.3 is 11.5 Å². The lowest BCUT2D eigenvalue weighted by atomic mass is 9.79. The zero-order valence-corrected chi connectivity index (χ0v) is 7.31. The molecule has 11 heavy (non-hydrogen) atoms. The maximum absolute atomic E-state index is 6.19. The summed E-state index contributed by atoms with van der Waals surface area (Å²) in [5.41, 5.74) is 11.8. The van der Waals surface area contributed by atoms with E-state index in [1.807, 2.05) is 0 Å². The first-order valence-electron chi connectivity index (χ1n) is 4.76. The molecule has 0 saturated heterocycles. The second-order valence-electron chi connectivity index (χ2n) is 3.82. The number of hydrogen-bond donors (Lipinski definition) is 2. The standard InChI is InChI=1S/C9H20N2/c10-8-4-7-9(11)5-2-1-3-6-9/h1-8,10-11H2. The molecule has 0 unspecified atom stereocenters. The largest absolute Gasteiger partial charge is 0.330 e. The van der Waals surface area contributed by atoms with E-state index >= 15 is 0 Å². The summed E-state index contributed by atoms with van der Waals surface area (Å²) in [7, 11) is 0. The zero-order chi connectivity index (χ0) is 8.16. The van der Waals surface area contributed by atoms with Crippen LogP contribution in [0.25, 0.3) is 0 Å². The third-order valence-electron chi connectivity index (χ3n) is 2.73. The van der Waals surface area contributed by atoms with Crippen molar-refractivity contribution in [2.45, 2.75) is 50.5 Å². The van der Waals surface area contributed by atoms with Gasteiger partial charge in [-0.05, 0) is 32.2 Å². The summed E-state index contributed by atoms with van der Waals surface area (Å²) >= 11 is 0. The molecule has 0 heterocycles. The van der Waals surface area contributed by atoms with Gasteiger partial charge in [0.05, 0.1) is 0 Å². The van der Waals surface area contributed by atoms with Crippen molar-refractivity contribution in [2.24, 2.45) is 11.5 Å². The van der Waals surface area contributed by atoms with Crippen LogP contribution in [0.1, 0.15) is 44.9 Å². The monoisotopic (exact) mass is 156 g/mol. The molecule has 1 saturated carbocycles. The SMILES string of the molecule is NCCCC1(N)CCCCC1. The van der Waals surface area contributed by atoms with E-state index in [1.54, 1.807) is 0 Å². The van der Waals surface area contributed by atoms with Crippen LogP contribution in [0.4, 0.5) is 0 Å². The maximum atomic E-state index is 6.19. The van der Waals surface area contributed by atoms with Crippen LogP contribution in [-0.2, 0) is 0 Å². The fraction of sp³-hybridized carbons (Fsp3) is 1.00. The lowest BCUT2D eigenvalue weighted by Gasteiger charge is -2.33. The molecular weight excluding hydrogens is 136 g/mol. The Kier molecular flexibility index (Phi) is 3.34. The Morgan fingerprint density at radius 2 is 1.73 bits per heavy atom. The highest BCUT2D eigenvalue weighted by atomic mass is 14.7.